The molecule has 0 spiro atoms. The summed E-state index contributed by atoms with van der Waals surface area (Å²) in [5.74, 6) is 0.235. The Morgan fingerprint density at radius 1 is 1.24 bits per heavy atom. The first kappa shape index (κ1) is 20.0. The SMILES string of the molecule is COc1cc(N)c(Cl)cc1C(=O)NC1CC2COCC(C1)N2Cc1ccccc1. The zero-order chi connectivity index (χ0) is 20.4. The Morgan fingerprint density at radius 3 is 2.59 bits per heavy atom. The molecular weight excluding hydrogens is 390 g/mol. The summed E-state index contributed by atoms with van der Waals surface area (Å²) in [6, 6.07) is 14.3. The first-order valence-electron chi connectivity index (χ1n) is 9.86. The molecule has 2 atom stereocenters. The topological polar surface area (TPSA) is 76.8 Å². The number of ether oxygens (including phenoxy) is 2. The van der Waals surface area contributed by atoms with Crippen LogP contribution in [0.1, 0.15) is 28.8 Å². The molecule has 2 heterocycles. The molecule has 6 nitrogen and oxygen atoms in total. The number of nitrogens with one attached hydrogen (secondary N) is 1. The Morgan fingerprint density at radius 2 is 1.93 bits per heavy atom. The van der Waals surface area contributed by atoms with Gasteiger partial charge in [-0.05, 0) is 24.5 Å². The molecule has 0 aliphatic carbocycles. The number of hydrogen-bond acceptors (Lipinski definition) is 5. The van der Waals surface area contributed by atoms with Crippen molar-refractivity contribution < 1.29 is 14.3 Å². The van der Waals surface area contributed by atoms with E-state index in [1.54, 1.807) is 12.1 Å². The van der Waals surface area contributed by atoms with Gasteiger partial charge in [-0.25, -0.2) is 0 Å². The van der Waals surface area contributed by atoms with Crippen LogP contribution in [0.3, 0.4) is 0 Å². The van der Waals surface area contributed by atoms with Gasteiger partial charge in [0.15, 0.2) is 0 Å². The summed E-state index contributed by atoms with van der Waals surface area (Å²) in [7, 11) is 1.52. The number of nitrogens with two attached hydrogens (primary N) is 1. The summed E-state index contributed by atoms with van der Waals surface area (Å²) in [6.07, 6.45) is 1.69. The fourth-order valence-electron chi connectivity index (χ4n) is 4.34. The molecule has 4 rings (SSSR count). The molecule has 3 N–H and O–H groups in total. The zero-order valence-corrected chi connectivity index (χ0v) is 17.2. The Kier molecular flexibility index (Phi) is 5.94. The number of benzene rings is 2. The third-order valence-electron chi connectivity index (χ3n) is 5.78. The normalized spacial score (nSPS) is 24.1. The number of rotatable bonds is 5. The maximum Gasteiger partial charge on any atom is 0.255 e. The van der Waals surface area contributed by atoms with Gasteiger partial charge in [0.05, 0.1) is 36.6 Å². The highest BCUT2D eigenvalue weighted by atomic mass is 35.5. The van der Waals surface area contributed by atoms with Gasteiger partial charge in [0, 0.05) is 30.7 Å². The van der Waals surface area contributed by atoms with E-state index in [0.29, 0.717) is 35.2 Å². The Bertz CT molecular complexity index is 863. The average Bonchev–Trinajstić information content (AvgIpc) is 2.71. The molecule has 2 aromatic carbocycles. The van der Waals surface area contributed by atoms with Crippen LogP contribution < -0.4 is 15.8 Å². The van der Waals surface area contributed by atoms with Gasteiger partial charge in [-0.15, -0.1) is 0 Å². The van der Waals surface area contributed by atoms with Crippen molar-refractivity contribution in [1.29, 1.82) is 0 Å². The van der Waals surface area contributed by atoms with Crippen LogP contribution in [0.2, 0.25) is 5.02 Å². The van der Waals surface area contributed by atoms with Gasteiger partial charge in [0.1, 0.15) is 5.75 Å². The first-order valence-corrected chi connectivity index (χ1v) is 10.2. The lowest BCUT2D eigenvalue weighted by molar-refractivity contribution is -0.0843. The van der Waals surface area contributed by atoms with E-state index in [4.69, 9.17) is 26.8 Å². The van der Waals surface area contributed by atoms with Gasteiger partial charge in [0.2, 0.25) is 0 Å². The number of anilines is 1. The van der Waals surface area contributed by atoms with Crippen molar-refractivity contribution >= 4 is 23.2 Å². The van der Waals surface area contributed by atoms with Gasteiger partial charge in [-0.2, -0.15) is 0 Å². The summed E-state index contributed by atoms with van der Waals surface area (Å²) in [5.41, 5.74) is 7.92. The molecular formula is C22H26ClN3O3. The van der Waals surface area contributed by atoms with E-state index in [0.717, 1.165) is 19.4 Å². The second kappa shape index (κ2) is 8.61. The highest BCUT2D eigenvalue weighted by Crippen LogP contribution is 2.31. The minimum Gasteiger partial charge on any atom is -0.496 e. The third kappa shape index (κ3) is 4.34. The highest BCUT2D eigenvalue weighted by Gasteiger charge is 2.39. The molecule has 7 heteroatoms. The van der Waals surface area contributed by atoms with Crippen LogP contribution in [-0.4, -0.2) is 49.3 Å². The lowest BCUT2D eigenvalue weighted by atomic mass is 9.89. The molecule has 29 heavy (non-hydrogen) atoms. The predicted molar refractivity (Wildman–Crippen MR) is 113 cm³/mol. The van der Waals surface area contributed by atoms with Gasteiger partial charge < -0.3 is 20.5 Å². The van der Waals surface area contributed by atoms with Crippen LogP contribution in [0.25, 0.3) is 0 Å². The van der Waals surface area contributed by atoms with Crippen molar-refractivity contribution in [3.8, 4) is 5.75 Å². The van der Waals surface area contributed by atoms with E-state index >= 15 is 0 Å². The molecule has 2 aliphatic rings. The zero-order valence-electron chi connectivity index (χ0n) is 16.4. The van der Waals surface area contributed by atoms with Crippen molar-refractivity contribution in [3.63, 3.8) is 0 Å². The van der Waals surface area contributed by atoms with Gasteiger partial charge in [-0.1, -0.05) is 41.9 Å². The van der Waals surface area contributed by atoms with E-state index in [1.165, 1.54) is 12.7 Å². The Labute approximate surface area is 175 Å². The van der Waals surface area contributed by atoms with Gasteiger partial charge in [-0.3, -0.25) is 9.69 Å². The van der Waals surface area contributed by atoms with Crippen LogP contribution in [0, 0.1) is 0 Å². The second-order valence-corrected chi connectivity index (χ2v) is 8.13. The van der Waals surface area contributed by atoms with Gasteiger partial charge in [0.25, 0.3) is 5.91 Å². The highest BCUT2D eigenvalue weighted by molar-refractivity contribution is 6.33. The molecule has 0 saturated carbocycles. The van der Waals surface area contributed by atoms with Crippen LogP contribution in [0.15, 0.2) is 42.5 Å². The lowest BCUT2D eigenvalue weighted by Gasteiger charge is -2.48. The molecule has 2 bridgehead atoms. The molecule has 0 radical (unpaired) electrons. The molecule has 1 amide bonds. The Balaban J connectivity index is 1.45. The van der Waals surface area contributed by atoms with Crippen molar-refractivity contribution in [2.45, 2.75) is 37.5 Å². The lowest BCUT2D eigenvalue weighted by Crippen LogP contribution is -2.60. The second-order valence-electron chi connectivity index (χ2n) is 7.72. The van der Waals surface area contributed by atoms with Crippen LogP contribution in [0.5, 0.6) is 5.75 Å². The van der Waals surface area contributed by atoms with Crippen LogP contribution in [-0.2, 0) is 11.3 Å². The van der Waals surface area contributed by atoms with Crippen molar-refractivity contribution in [2.24, 2.45) is 0 Å². The summed E-state index contributed by atoms with van der Waals surface area (Å²) in [4.78, 5) is 15.4. The van der Waals surface area contributed by atoms with E-state index in [1.807, 2.05) is 6.07 Å². The maximum absolute atomic E-state index is 12.9. The van der Waals surface area contributed by atoms with E-state index in [-0.39, 0.29) is 24.0 Å². The molecule has 2 aromatic rings. The fourth-order valence-corrected chi connectivity index (χ4v) is 4.50. The van der Waals surface area contributed by atoms with Crippen LogP contribution >= 0.6 is 11.6 Å². The van der Waals surface area contributed by atoms with Crippen molar-refractivity contribution in [2.75, 3.05) is 26.1 Å². The third-order valence-corrected chi connectivity index (χ3v) is 6.11. The van der Waals surface area contributed by atoms with E-state index in [2.05, 4.69) is 34.5 Å². The first-order chi connectivity index (χ1) is 14.0. The molecule has 2 saturated heterocycles. The number of morpholine rings is 1. The van der Waals surface area contributed by atoms with Crippen LogP contribution in [0.4, 0.5) is 5.69 Å². The average molecular weight is 416 g/mol. The monoisotopic (exact) mass is 415 g/mol. The minimum absolute atomic E-state index is 0.0782. The summed E-state index contributed by atoms with van der Waals surface area (Å²) in [5, 5.41) is 3.52. The number of fused-ring (bicyclic) bond motifs is 2. The quantitative estimate of drug-likeness (QED) is 0.734. The number of amides is 1. The number of hydrogen-bond donors (Lipinski definition) is 2. The smallest absolute Gasteiger partial charge is 0.255 e. The minimum atomic E-state index is -0.191. The van der Waals surface area contributed by atoms with Crippen molar-refractivity contribution in [3.05, 3.63) is 58.6 Å². The summed E-state index contributed by atoms with van der Waals surface area (Å²) < 4.78 is 11.1. The standard InChI is InChI=1S/C22H26ClN3O3/c1-28-21-10-20(24)19(23)9-18(21)22(27)25-15-7-16-12-29-13-17(8-15)26(16)11-14-5-3-2-4-6-14/h2-6,9-10,15-17H,7-8,11-13,24H2,1H3,(H,25,27). The number of piperidine rings is 1. The largest absolute Gasteiger partial charge is 0.496 e. The summed E-state index contributed by atoms with van der Waals surface area (Å²) in [6.45, 7) is 2.28. The molecule has 154 valence electrons. The van der Waals surface area contributed by atoms with Gasteiger partial charge >= 0.3 is 0 Å². The maximum atomic E-state index is 12.9. The Hall–Kier alpha value is -2.28. The fraction of sp³-hybridized carbons (Fsp3) is 0.409. The summed E-state index contributed by atoms with van der Waals surface area (Å²) >= 11 is 6.12. The number of carbonyl (C=O) groups is 1. The molecule has 0 aromatic heterocycles. The van der Waals surface area contributed by atoms with Crippen molar-refractivity contribution in [1.82, 2.24) is 10.2 Å². The number of halogens is 1. The number of nitrogens with zero attached hydrogens (tertiary/aromatic N) is 1. The number of carbonyl (C=O) groups excluding carboxylic acids is 1. The van der Waals surface area contributed by atoms with E-state index in [9.17, 15) is 4.79 Å². The predicted octanol–water partition coefficient (Wildman–Crippen LogP) is 3.09. The van der Waals surface area contributed by atoms with E-state index < -0.39 is 0 Å². The molecule has 2 fully saturated rings. The molecule has 2 aliphatic heterocycles. The molecule has 2 unspecified atom stereocenters. The number of nitrogen functional groups attached to an aromatic ring is 1. The number of methoxy groups -OCH3 is 1.